The maximum Gasteiger partial charge on any atom is 0.454 e. The van der Waals surface area contributed by atoms with Gasteiger partial charge in [0.2, 0.25) is 0 Å². The summed E-state index contributed by atoms with van der Waals surface area (Å²) in [4.78, 5) is 21.5. The molecule has 0 saturated heterocycles. The van der Waals surface area contributed by atoms with E-state index < -0.39 is 12.0 Å². The van der Waals surface area contributed by atoms with E-state index in [2.05, 4.69) is 4.74 Å². The molecule has 0 fully saturated rings. The standard InChI is InChI=1S/C12H17F3O4/c1-18-9(8-10(16)12(13,14)15)6-4-3-5-7-11(17)19-2/h8H,3-7H2,1-2H3/b9-8+. The summed E-state index contributed by atoms with van der Waals surface area (Å²) in [5.41, 5.74) is 0. The molecule has 0 saturated carbocycles. The van der Waals surface area contributed by atoms with Crippen LogP contribution in [-0.2, 0) is 19.1 Å². The summed E-state index contributed by atoms with van der Waals surface area (Å²) in [6.07, 6.45) is -2.19. The molecule has 0 aliphatic heterocycles. The summed E-state index contributed by atoms with van der Waals surface area (Å²) in [6.45, 7) is 0. The number of allylic oxidation sites excluding steroid dienone is 2. The molecule has 0 heterocycles. The van der Waals surface area contributed by atoms with Crippen LogP contribution in [0.15, 0.2) is 11.8 Å². The minimum absolute atomic E-state index is 0.0135. The van der Waals surface area contributed by atoms with Gasteiger partial charge in [0.1, 0.15) is 0 Å². The normalized spacial score (nSPS) is 12.2. The van der Waals surface area contributed by atoms with Gasteiger partial charge in [-0.25, -0.2) is 0 Å². The van der Waals surface area contributed by atoms with Gasteiger partial charge in [-0.15, -0.1) is 0 Å². The van der Waals surface area contributed by atoms with Crippen LogP contribution in [0.2, 0.25) is 0 Å². The van der Waals surface area contributed by atoms with Crippen molar-refractivity contribution in [2.24, 2.45) is 0 Å². The number of esters is 1. The molecule has 0 spiro atoms. The average molecular weight is 282 g/mol. The lowest BCUT2D eigenvalue weighted by molar-refractivity contribution is -0.165. The Kier molecular flexibility index (Phi) is 7.86. The smallest absolute Gasteiger partial charge is 0.454 e. The highest BCUT2D eigenvalue weighted by Crippen LogP contribution is 2.19. The van der Waals surface area contributed by atoms with Crippen molar-refractivity contribution in [2.45, 2.75) is 38.3 Å². The fourth-order valence-corrected chi connectivity index (χ4v) is 1.31. The third kappa shape index (κ3) is 8.23. The van der Waals surface area contributed by atoms with Gasteiger partial charge in [0.15, 0.2) is 0 Å². The minimum atomic E-state index is -4.88. The Labute approximate surface area is 109 Å². The van der Waals surface area contributed by atoms with Crippen molar-refractivity contribution in [3.63, 3.8) is 0 Å². The van der Waals surface area contributed by atoms with E-state index in [-0.39, 0.29) is 24.6 Å². The SMILES string of the molecule is COC(=O)CCCCC/C(=C\C(=O)C(F)(F)F)OC. The molecule has 0 amide bonds. The lowest BCUT2D eigenvalue weighted by Crippen LogP contribution is -2.20. The summed E-state index contributed by atoms with van der Waals surface area (Å²) in [7, 11) is 2.50. The molecular weight excluding hydrogens is 265 g/mol. The zero-order valence-corrected chi connectivity index (χ0v) is 10.9. The zero-order chi connectivity index (χ0) is 14.9. The molecule has 0 aliphatic carbocycles. The van der Waals surface area contributed by atoms with Crippen molar-refractivity contribution >= 4 is 11.8 Å². The van der Waals surface area contributed by atoms with Crippen LogP contribution < -0.4 is 0 Å². The van der Waals surface area contributed by atoms with Crippen molar-refractivity contribution in [3.05, 3.63) is 11.8 Å². The Hall–Kier alpha value is -1.53. The van der Waals surface area contributed by atoms with Crippen LogP contribution in [0.25, 0.3) is 0 Å². The molecule has 110 valence electrons. The highest BCUT2D eigenvalue weighted by atomic mass is 19.4. The first kappa shape index (κ1) is 17.5. The number of rotatable bonds is 8. The quantitative estimate of drug-likeness (QED) is 0.297. The van der Waals surface area contributed by atoms with E-state index in [9.17, 15) is 22.8 Å². The number of ketones is 1. The first-order valence-corrected chi connectivity index (χ1v) is 5.73. The molecule has 0 atom stereocenters. The molecule has 0 unspecified atom stereocenters. The lowest BCUT2D eigenvalue weighted by Gasteiger charge is -2.07. The first-order valence-electron chi connectivity index (χ1n) is 5.73. The van der Waals surface area contributed by atoms with Crippen molar-refractivity contribution in [1.29, 1.82) is 0 Å². The molecular formula is C12H17F3O4. The summed E-state index contributed by atoms with van der Waals surface area (Å²) in [6, 6.07) is 0. The fourth-order valence-electron chi connectivity index (χ4n) is 1.31. The number of unbranched alkanes of at least 4 members (excludes halogenated alkanes) is 2. The summed E-state index contributed by atoms with van der Waals surface area (Å²) in [5, 5.41) is 0. The summed E-state index contributed by atoms with van der Waals surface area (Å²) >= 11 is 0. The third-order valence-electron chi connectivity index (χ3n) is 2.37. The van der Waals surface area contributed by atoms with Gasteiger partial charge in [-0.1, -0.05) is 6.42 Å². The summed E-state index contributed by atoms with van der Waals surface area (Å²) in [5.74, 6) is -2.27. The lowest BCUT2D eigenvalue weighted by atomic mass is 10.1. The van der Waals surface area contributed by atoms with E-state index in [1.807, 2.05) is 0 Å². The predicted octanol–water partition coefficient (Wildman–Crippen LogP) is 2.77. The van der Waals surface area contributed by atoms with Crippen LogP contribution in [-0.4, -0.2) is 32.1 Å². The number of halogens is 3. The van der Waals surface area contributed by atoms with Crippen LogP contribution in [0.3, 0.4) is 0 Å². The molecule has 4 nitrogen and oxygen atoms in total. The van der Waals surface area contributed by atoms with Crippen LogP contribution in [0, 0.1) is 0 Å². The van der Waals surface area contributed by atoms with Gasteiger partial charge in [-0.05, 0) is 12.8 Å². The molecule has 19 heavy (non-hydrogen) atoms. The monoisotopic (exact) mass is 282 g/mol. The minimum Gasteiger partial charge on any atom is -0.501 e. The Balaban J connectivity index is 4.05. The zero-order valence-electron chi connectivity index (χ0n) is 10.9. The number of ether oxygens (including phenoxy) is 2. The molecule has 0 aliphatic rings. The highest BCUT2D eigenvalue weighted by Gasteiger charge is 2.36. The molecule has 0 bridgehead atoms. The number of hydrogen-bond donors (Lipinski definition) is 0. The van der Waals surface area contributed by atoms with Gasteiger partial charge < -0.3 is 9.47 Å². The van der Waals surface area contributed by atoms with Crippen LogP contribution in [0.4, 0.5) is 13.2 Å². The van der Waals surface area contributed by atoms with E-state index >= 15 is 0 Å². The third-order valence-corrected chi connectivity index (χ3v) is 2.37. The second kappa shape index (κ2) is 8.55. The summed E-state index contributed by atoms with van der Waals surface area (Å²) < 4.78 is 45.2. The number of carbonyl (C=O) groups is 2. The van der Waals surface area contributed by atoms with Gasteiger partial charge in [0, 0.05) is 18.9 Å². The Morgan fingerprint density at radius 2 is 1.58 bits per heavy atom. The van der Waals surface area contributed by atoms with E-state index in [0.29, 0.717) is 25.3 Å². The van der Waals surface area contributed by atoms with E-state index in [1.165, 1.54) is 14.2 Å². The molecule has 0 aromatic rings. The molecule has 0 rings (SSSR count). The number of methoxy groups -OCH3 is 2. The van der Waals surface area contributed by atoms with Crippen LogP contribution >= 0.6 is 0 Å². The van der Waals surface area contributed by atoms with Gasteiger partial charge in [-0.3, -0.25) is 9.59 Å². The molecule has 0 N–H and O–H groups in total. The van der Waals surface area contributed by atoms with Gasteiger partial charge in [0.25, 0.3) is 5.78 Å². The molecule has 7 heteroatoms. The Morgan fingerprint density at radius 3 is 2.05 bits per heavy atom. The van der Waals surface area contributed by atoms with E-state index in [0.717, 1.165) is 0 Å². The van der Waals surface area contributed by atoms with E-state index in [4.69, 9.17) is 4.74 Å². The maximum absolute atomic E-state index is 12.0. The first-order chi connectivity index (χ1) is 8.81. The number of hydrogen-bond acceptors (Lipinski definition) is 4. The number of alkyl halides is 3. The average Bonchev–Trinajstić information content (AvgIpc) is 2.35. The highest BCUT2D eigenvalue weighted by molar-refractivity contribution is 5.94. The number of carbonyl (C=O) groups excluding carboxylic acids is 2. The Bertz CT molecular complexity index is 334. The van der Waals surface area contributed by atoms with Crippen molar-refractivity contribution in [3.8, 4) is 0 Å². The van der Waals surface area contributed by atoms with Crippen molar-refractivity contribution < 1.29 is 32.2 Å². The maximum atomic E-state index is 12.0. The van der Waals surface area contributed by atoms with Crippen molar-refractivity contribution in [1.82, 2.24) is 0 Å². The second-order valence-electron chi connectivity index (χ2n) is 3.81. The molecule has 0 radical (unpaired) electrons. The van der Waals surface area contributed by atoms with Crippen LogP contribution in [0.1, 0.15) is 32.1 Å². The van der Waals surface area contributed by atoms with Gasteiger partial charge in [-0.2, -0.15) is 13.2 Å². The second-order valence-corrected chi connectivity index (χ2v) is 3.81. The van der Waals surface area contributed by atoms with Crippen LogP contribution in [0.5, 0.6) is 0 Å². The molecule has 0 aromatic heterocycles. The van der Waals surface area contributed by atoms with E-state index in [1.54, 1.807) is 0 Å². The predicted molar refractivity (Wildman–Crippen MR) is 61.3 cm³/mol. The Morgan fingerprint density at radius 1 is 1.00 bits per heavy atom. The van der Waals surface area contributed by atoms with Gasteiger partial charge in [0.05, 0.1) is 20.0 Å². The largest absolute Gasteiger partial charge is 0.501 e. The fraction of sp³-hybridized carbons (Fsp3) is 0.667. The topological polar surface area (TPSA) is 52.6 Å². The molecule has 0 aromatic carbocycles. The van der Waals surface area contributed by atoms with Gasteiger partial charge >= 0.3 is 12.1 Å². The van der Waals surface area contributed by atoms with Crippen molar-refractivity contribution in [2.75, 3.05) is 14.2 Å².